The molecule has 0 N–H and O–H groups in total. The molecule has 1 aromatic heterocycles. The van der Waals surface area contributed by atoms with Gasteiger partial charge in [0.1, 0.15) is 6.10 Å². The average molecular weight is 343 g/mol. The number of hydrogen-bond donors (Lipinski definition) is 0. The van der Waals surface area contributed by atoms with Crippen molar-refractivity contribution >= 4 is 10.0 Å². The Labute approximate surface area is 137 Å². The van der Waals surface area contributed by atoms with Crippen LogP contribution in [0.1, 0.15) is 26.7 Å². The molecule has 0 bridgehead atoms. The summed E-state index contributed by atoms with van der Waals surface area (Å²) in [6, 6.07) is -0.159. The minimum Gasteiger partial charge on any atom is -0.374 e. The quantitative estimate of drug-likeness (QED) is 0.798. The van der Waals surface area contributed by atoms with Gasteiger partial charge in [-0.2, -0.15) is 4.31 Å². The van der Waals surface area contributed by atoms with Crippen LogP contribution in [-0.2, 0) is 26.5 Å². The number of fused-ring (bicyclic) bond motifs is 1. The zero-order valence-corrected chi connectivity index (χ0v) is 14.7. The minimum atomic E-state index is -3.62. The molecule has 0 spiro atoms. The Morgan fingerprint density at radius 2 is 2.26 bits per heavy atom. The van der Waals surface area contributed by atoms with Crippen LogP contribution in [0.5, 0.6) is 0 Å². The van der Waals surface area contributed by atoms with Crippen LogP contribution in [-0.4, -0.2) is 60.3 Å². The number of imidazole rings is 1. The Bertz CT molecular complexity index is 643. The molecule has 0 amide bonds. The second kappa shape index (κ2) is 6.51. The third kappa shape index (κ3) is 3.31. The van der Waals surface area contributed by atoms with Crippen LogP contribution in [0.15, 0.2) is 17.6 Å². The number of rotatable bonds is 5. The lowest BCUT2D eigenvalue weighted by atomic mass is 10.0. The molecule has 3 atom stereocenters. The van der Waals surface area contributed by atoms with E-state index in [1.807, 2.05) is 0 Å². The molecule has 130 valence electrons. The number of aromatic nitrogens is 2. The molecule has 2 fully saturated rings. The van der Waals surface area contributed by atoms with E-state index in [4.69, 9.17) is 9.47 Å². The molecule has 2 saturated heterocycles. The molecule has 1 aromatic rings. The van der Waals surface area contributed by atoms with Gasteiger partial charge in [-0.3, -0.25) is 0 Å². The van der Waals surface area contributed by atoms with Crippen LogP contribution < -0.4 is 0 Å². The summed E-state index contributed by atoms with van der Waals surface area (Å²) in [5.74, 6) is 0.401. The van der Waals surface area contributed by atoms with Gasteiger partial charge in [0, 0.05) is 33.0 Å². The molecular formula is C15H25N3O4S. The van der Waals surface area contributed by atoms with E-state index in [1.54, 1.807) is 11.6 Å². The van der Waals surface area contributed by atoms with Gasteiger partial charge in [0.2, 0.25) is 0 Å². The zero-order chi connectivity index (χ0) is 16.6. The highest BCUT2D eigenvalue weighted by atomic mass is 32.2. The predicted molar refractivity (Wildman–Crippen MR) is 84.4 cm³/mol. The van der Waals surface area contributed by atoms with Crippen molar-refractivity contribution in [3.05, 3.63) is 12.5 Å². The Morgan fingerprint density at radius 3 is 2.91 bits per heavy atom. The summed E-state index contributed by atoms with van der Waals surface area (Å²) in [5, 5.41) is 0.0915. The molecular weight excluding hydrogens is 318 g/mol. The van der Waals surface area contributed by atoms with Gasteiger partial charge in [-0.15, -0.1) is 0 Å². The maximum atomic E-state index is 12.9. The largest absolute Gasteiger partial charge is 0.374 e. The molecule has 23 heavy (non-hydrogen) atoms. The summed E-state index contributed by atoms with van der Waals surface area (Å²) in [6.07, 6.45) is 4.33. The van der Waals surface area contributed by atoms with E-state index in [9.17, 15) is 8.42 Å². The smallest absolute Gasteiger partial charge is 0.262 e. The van der Waals surface area contributed by atoms with Gasteiger partial charge in [-0.1, -0.05) is 13.8 Å². The molecule has 0 aromatic carbocycles. The Morgan fingerprint density at radius 1 is 1.48 bits per heavy atom. The molecule has 3 heterocycles. The Hall–Kier alpha value is -0.960. The van der Waals surface area contributed by atoms with Crippen LogP contribution in [0, 0.1) is 5.92 Å². The highest BCUT2D eigenvalue weighted by Gasteiger charge is 2.50. The topological polar surface area (TPSA) is 73.7 Å². The average Bonchev–Trinajstić information content (AvgIpc) is 3.10. The molecule has 0 unspecified atom stereocenters. The molecule has 2 aliphatic rings. The van der Waals surface area contributed by atoms with Gasteiger partial charge >= 0.3 is 0 Å². The first-order chi connectivity index (χ1) is 10.9. The first-order valence-electron chi connectivity index (χ1n) is 8.12. The highest BCUT2D eigenvalue weighted by Crippen LogP contribution is 2.34. The predicted octanol–water partition coefficient (Wildman–Crippen LogP) is 1.01. The molecule has 0 saturated carbocycles. The van der Waals surface area contributed by atoms with Crippen molar-refractivity contribution in [2.45, 2.75) is 50.0 Å². The summed E-state index contributed by atoms with van der Waals surface area (Å²) in [4.78, 5) is 4.02. The lowest BCUT2D eigenvalue weighted by molar-refractivity contribution is -0.0799. The highest BCUT2D eigenvalue weighted by molar-refractivity contribution is 7.89. The van der Waals surface area contributed by atoms with Crippen molar-refractivity contribution in [1.82, 2.24) is 13.9 Å². The van der Waals surface area contributed by atoms with Crippen LogP contribution in [0.3, 0.4) is 0 Å². The van der Waals surface area contributed by atoms with E-state index in [0.29, 0.717) is 25.7 Å². The maximum absolute atomic E-state index is 12.9. The van der Waals surface area contributed by atoms with Gasteiger partial charge < -0.3 is 14.0 Å². The monoisotopic (exact) mass is 343 g/mol. The van der Waals surface area contributed by atoms with Gasteiger partial charge in [0.25, 0.3) is 10.0 Å². The fourth-order valence-corrected chi connectivity index (χ4v) is 4.89. The second-order valence-electron chi connectivity index (χ2n) is 6.76. The van der Waals surface area contributed by atoms with E-state index in [-0.39, 0.29) is 23.3 Å². The van der Waals surface area contributed by atoms with Gasteiger partial charge in [-0.05, 0) is 18.8 Å². The molecule has 2 aliphatic heterocycles. The molecule has 0 aliphatic carbocycles. The van der Waals surface area contributed by atoms with Crippen molar-refractivity contribution in [1.29, 1.82) is 0 Å². The minimum absolute atomic E-state index is 0.0915. The van der Waals surface area contributed by atoms with Crippen molar-refractivity contribution < 1.29 is 17.9 Å². The van der Waals surface area contributed by atoms with Gasteiger partial charge in [-0.25, -0.2) is 13.4 Å². The van der Waals surface area contributed by atoms with Crippen molar-refractivity contribution in [2.24, 2.45) is 13.0 Å². The SMILES string of the molecule is CC(C)CO[C@H]1CN(S(=O)(=O)c2cn(C)cn2)[C@@H]2CCCO[C@H]12. The number of sulfonamides is 1. The molecule has 0 radical (unpaired) electrons. The Balaban J connectivity index is 1.83. The first-order valence-corrected chi connectivity index (χ1v) is 9.56. The van der Waals surface area contributed by atoms with E-state index in [0.717, 1.165) is 12.8 Å². The van der Waals surface area contributed by atoms with Crippen LogP contribution in [0.4, 0.5) is 0 Å². The number of nitrogens with zero attached hydrogens (tertiary/aromatic N) is 3. The fourth-order valence-electron chi connectivity index (χ4n) is 3.25. The zero-order valence-electron chi connectivity index (χ0n) is 13.9. The van der Waals surface area contributed by atoms with E-state index in [2.05, 4.69) is 18.8 Å². The summed E-state index contributed by atoms with van der Waals surface area (Å²) in [6.45, 7) is 5.77. The summed E-state index contributed by atoms with van der Waals surface area (Å²) in [7, 11) is -1.86. The first kappa shape index (κ1) is 16.9. The number of ether oxygens (including phenoxy) is 2. The van der Waals surface area contributed by atoms with E-state index >= 15 is 0 Å². The Kier molecular flexibility index (Phi) is 4.78. The third-order valence-corrected chi connectivity index (χ3v) is 6.10. The lowest BCUT2D eigenvalue weighted by Crippen LogP contribution is -2.44. The summed E-state index contributed by atoms with van der Waals surface area (Å²) in [5.41, 5.74) is 0. The van der Waals surface area contributed by atoms with Crippen molar-refractivity contribution in [3.8, 4) is 0 Å². The van der Waals surface area contributed by atoms with Crippen molar-refractivity contribution in [3.63, 3.8) is 0 Å². The third-order valence-electron chi connectivity index (χ3n) is 4.33. The van der Waals surface area contributed by atoms with Crippen molar-refractivity contribution in [2.75, 3.05) is 19.8 Å². The van der Waals surface area contributed by atoms with Crippen LogP contribution >= 0.6 is 0 Å². The molecule has 3 rings (SSSR count). The number of aryl methyl sites for hydroxylation is 1. The van der Waals surface area contributed by atoms with E-state index in [1.165, 1.54) is 16.8 Å². The molecule has 7 nitrogen and oxygen atoms in total. The fraction of sp³-hybridized carbons (Fsp3) is 0.800. The standard InChI is InChI=1S/C15H25N3O4S/c1-11(2)9-22-13-7-18(12-5-4-6-21-15(12)13)23(19,20)14-8-17(3)10-16-14/h8,10-13,15H,4-7,9H2,1-3H3/t12-,13+,15+/m1/s1. The van der Waals surface area contributed by atoms with Crippen LogP contribution in [0.25, 0.3) is 0 Å². The van der Waals surface area contributed by atoms with Crippen LogP contribution in [0.2, 0.25) is 0 Å². The summed E-state index contributed by atoms with van der Waals surface area (Å²) < 4.78 is 40.8. The second-order valence-corrected chi connectivity index (χ2v) is 8.60. The summed E-state index contributed by atoms with van der Waals surface area (Å²) >= 11 is 0. The lowest BCUT2D eigenvalue weighted by Gasteiger charge is -2.31. The number of hydrogen-bond acceptors (Lipinski definition) is 5. The van der Waals surface area contributed by atoms with E-state index < -0.39 is 10.0 Å². The normalized spacial score (nSPS) is 29.1. The van der Waals surface area contributed by atoms with Gasteiger partial charge in [0.15, 0.2) is 5.03 Å². The van der Waals surface area contributed by atoms with Gasteiger partial charge in [0.05, 0.1) is 18.5 Å². The molecule has 8 heteroatoms. The maximum Gasteiger partial charge on any atom is 0.262 e.